The van der Waals surface area contributed by atoms with Crippen LogP contribution in [0.3, 0.4) is 0 Å². The van der Waals surface area contributed by atoms with Crippen molar-refractivity contribution in [2.75, 3.05) is 18.5 Å². The molecule has 37 heavy (non-hydrogen) atoms. The zero-order valence-electron chi connectivity index (χ0n) is 21.3. The molecule has 7 nitrogen and oxygen atoms in total. The summed E-state index contributed by atoms with van der Waals surface area (Å²) in [5.74, 6) is 0.0810. The van der Waals surface area contributed by atoms with Gasteiger partial charge in [0.25, 0.3) is 5.91 Å². The number of hydrogen-bond donors (Lipinski definition) is 2. The largest absolute Gasteiger partial charge is 0.466 e. The highest BCUT2D eigenvalue weighted by Crippen LogP contribution is 2.29. The van der Waals surface area contributed by atoms with E-state index in [9.17, 15) is 9.59 Å². The molecule has 0 radical (unpaired) electrons. The van der Waals surface area contributed by atoms with Gasteiger partial charge in [-0.1, -0.05) is 44.0 Å². The number of nitrogens with one attached hydrogen (secondary N) is 2. The van der Waals surface area contributed by atoms with Crippen LogP contribution < -0.4 is 10.6 Å². The number of fused-ring (bicyclic) bond motifs is 1. The second-order valence-corrected chi connectivity index (χ2v) is 8.84. The average molecular weight is 500 g/mol. The molecule has 7 heteroatoms. The molecule has 0 spiro atoms. The lowest BCUT2D eigenvalue weighted by atomic mass is 9.99. The van der Waals surface area contributed by atoms with Gasteiger partial charge in [-0.2, -0.15) is 0 Å². The summed E-state index contributed by atoms with van der Waals surface area (Å²) in [6.45, 7) is 4.52. The van der Waals surface area contributed by atoms with Gasteiger partial charge < -0.3 is 19.8 Å². The fourth-order valence-electron chi connectivity index (χ4n) is 4.12. The fourth-order valence-corrected chi connectivity index (χ4v) is 4.12. The Labute approximate surface area is 217 Å². The molecule has 4 aromatic rings. The first kappa shape index (κ1) is 25.9. The number of amides is 1. The number of esters is 1. The highest BCUT2D eigenvalue weighted by molar-refractivity contribution is 5.94. The van der Waals surface area contributed by atoms with Crippen LogP contribution in [-0.2, 0) is 9.53 Å². The Balaban J connectivity index is 1.40. The van der Waals surface area contributed by atoms with Crippen LogP contribution in [0.1, 0.15) is 61.5 Å². The molecule has 0 aliphatic carbocycles. The Bertz CT molecular complexity index is 1280. The van der Waals surface area contributed by atoms with Crippen molar-refractivity contribution < 1.29 is 18.7 Å². The Kier molecular flexibility index (Phi) is 8.92. The second kappa shape index (κ2) is 12.7. The van der Waals surface area contributed by atoms with Crippen LogP contribution in [-0.4, -0.2) is 30.0 Å². The lowest BCUT2D eigenvalue weighted by Gasteiger charge is -2.21. The number of carbonyl (C=O) groups excluding carboxylic acids is 2. The molecule has 3 aromatic carbocycles. The number of anilines is 1. The van der Waals surface area contributed by atoms with E-state index in [1.54, 1.807) is 19.1 Å². The van der Waals surface area contributed by atoms with E-state index in [0.717, 1.165) is 41.6 Å². The van der Waals surface area contributed by atoms with Crippen LogP contribution >= 0.6 is 0 Å². The van der Waals surface area contributed by atoms with Gasteiger partial charge in [-0.05, 0) is 67.4 Å². The van der Waals surface area contributed by atoms with Crippen molar-refractivity contribution in [3.63, 3.8) is 0 Å². The number of ether oxygens (including phenoxy) is 1. The van der Waals surface area contributed by atoms with Crippen molar-refractivity contribution >= 4 is 28.7 Å². The maximum absolute atomic E-state index is 12.4. The van der Waals surface area contributed by atoms with E-state index in [1.165, 1.54) is 5.56 Å². The van der Waals surface area contributed by atoms with Crippen LogP contribution in [0.25, 0.3) is 22.6 Å². The summed E-state index contributed by atoms with van der Waals surface area (Å²) in [4.78, 5) is 28.4. The third-order valence-corrected chi connectivity index (χ3v) is 6.11. The molecule has 1 heterocycles. The van der Waals surface area contributed by atoms with Crippen molar-refractivity contribution in [1.29, 1.82) is 0 Å². The molecular weight excluding hydrogens is 466 g/mol. The number of unbranched alkanes of at least 4 members (excludes halogenated alkanes) is 1. The molecule has 0 aliphatic heterocycles. The number of hydrogen-bond acceptors (Lipinski definition) is 6. The van der Waals surface area contributed by atoms with Crippen LogP contribution in [0.15, 0.2) is 77.2 Å². The summed E-state index contributed by atoms with van der Waals surface area (Å²) < 4.78 is 10.8. The van der Waals surface area contributed by atoms with Gasteiger partial charge in [0.2, 0.25) is 5.89 Å². The minimum Gasteiger partial charge on any atom is -0.466 e. The van der Waals surface area contributed by atoms with Crippen molar-refractivity contribution in [1.82, 2.24) is 10.3 Å². The van der Waals surface area contributed by atoms with Gasteiger partial charge in [0, 0.05) is 23.4 Å². The lowest BCUT2D eigenvalue weighted by Crippen LogP contribution is -2.26. The highest BCUT2D eigenvalue weighted by Gasteiger charge is 2.14. The topological polar surface area (TPSA) is 93.5 Å². The van der Waals surface area contributed by atoms with E-state index in [1.807, 2.05) is 48.5 Å². The number of para-hydroxylation sites is 2. The zero-order valence-corrected chi connectivity index (χ0v) is 21.3. The standard InChI is InChI=1S/C30H33N3O4/c1-3-5-8-25(21-11-13-23(14-12-21)30-33-26-9-6-7-10-27(26)37-30)32-24-17-15-22(16-18-24)29(35)31-20-19-28(34)36-4-2/h6-7,9-18,25,32H,3-5,8,19-20H2,1-2H3,(H,31,35). The van der Waals surface area contributed by atoms with Crippen LogP contribution in [0.4, 0.5) is 5.69 Å². The smallest absolute Gasteiger partial charge is 0.307 e. The van der Waals surface area contributed by atoms with Gasteiger partial charge in [-0.25, -0.2) is 4.98 Å². The minimum atomic E-state index is -0.317. The van der Waals surface area contributed by atoms with Gasteiger partial charge in [-0.15, -0.1) is 0 Å². The summed E-state index contributed by atoms with van der Waals surface area (Å²) in [6.07, 6.45) is 3.33. The van der Waals surface area contributed by atoms with Crippen molar-refractivity contribution in [3.05, 3.63) is 83.9 Å². The van der Waals surface area contributed by atoms with Crippen LogP contribution in [0.5, 0.6) is 0 Å². The molecule has 0 fully saturated rings. The Morgan fingerprint density at radius 1 is 0.973 bits per heavy atom. The third kappa shape index (κ3) is 6.97. The van der Waals surface area contributed by atoms with Crippen LogP contribution in [0, 0.1) is 0 Å². The van der Waals surface area contributed by atoms with Crippen molar-refractivity contribution in [2.45, 2.75) is 45.6 Å². The van der Waals surface area contributed by atoms with Crippen LogP contribution in [0.2, 0.25) is 0 Å². The first-order valence-corrected chi connectivity index (χ1v) is 12.8. The predicted octanol–water partition coefficient (Wildman–Crippen LogP) is 6.52. The summed E-state index contributed by atoms with van der Waals surface area (Å²) in [5.41, 5.74) is 5.22. The molecule has 192 valence electrons. The van der Waals surface area contributed by atoms with Gasteiger partial charge in [0.15, 0.2) is 5.58 Å². The van der Waals surface area contributed by atoms with E-state index in [4.69, 9.17) is 9.15 Å². The first-order chi connectivity index (χ1) is 18.1. The molecule has 1 atom stereocenters. The van der Waals surface area contributed by atoms with Gasteiger partial charge in [-0.3, -0.25) is 9.59 Å². The molecular formula is C30H33N3O4. The summed E-state index contributed by atoms with van der Waals surface area (Å²) in [6, 6.07) is 23.6. The normalized spacial score (nSPS) is 11.7. The average Bonchev–Trinajstić information content (AvgIpc) is 3.36. The quantitative estimate of drug-likeness (QED) is 0.216. The van der Waals surface area contributed by atoms with Gasteiger partial charge >= 0.3 is 5.97 Å². The molecule has 0 bridgehead atoms. The molecule has 1 aromatic heterocycles. The second-order valence-electron chi connectivity index (χ2n) is 8.84. The minimum absolute atomic E-state index is 0.127. The SMILES string of the molecule is CCCCC(Nc1ccc(C(=O)NCCC(=O)OCC)cc1)c1ccc(-c2nc3ccccc3o2)cc1. The van der Waals surface area contributed by atoms with Crippen molar-refractivity contribution in [2.24, 2.45) is 0 Å². The molecule has 2 N–H and O–H groups in total. The molecule has 0 aliphatic rings. The first-order valence-electron chi connectivity index (χ1n) is 12.8. The number of oxazole rings is 1. The molecule has 4 rings (SSSR count). The highest BCUT2D eigenvalue weighted by atomic mass is 16.5. The van der Waals surface area contributed by atoms with Gasteiger partial charge in [0.05, 0.1) is 19.1 Å². The Hall–Kier alpha value is -4.13. The number of rotatable bonds is 12. The number of aromatic nitrogens is 1. The van der Waals surface area contributed by atoms with E-state index < -0.39 is 0 Å². The maximum atomic E-state index is 12.4. The molecule has 1 unspecified atom stereocenters. The summed E-state index contributed by atoms with van der Waals surface area (Å²) in [7, 11) is 0. The predicted molar refractivity (Wildman–Crippen MR) is 145 cm³/mol. The summed E-state index contributed by atoms with van der Waals surface area (Å²) >= 11 is 0. The van der Waals surface area contributed by atoms with Gasteiger partial charge in [0.1, 0.15) is 5.52 Å². The lowest BCUT2D eigenvalue weighted by molar-refractivity contribution is -0.142. The van der Waals surface area contributed by atoms with E-state index in [2.05, 4.69) is 34.7 Å². The fraction of sp³-hybridized carbons (Fsp3) is 0.300. The number of nitrogens with zero attached hydrogens (tertiary/aromatic N) is 1. The Morgan fingerprint density at radius 2 is 1.73 bits per heavy atom. The Morgan fingerprint density at radius 3 is 2.43 bits per heavy atom. The van der Waals surface area contributed by atoms with E-state index in [-0.39, 0.29) is 30.9 Å². The summed E-state index contributed by atoms with van der Waals surface area (Å²) in [5, 5.41) is 6.37. The number of carbonyl (C=O) groups is 2. The van der Waals surface area contributed by atoms with E-state index in [0.29, 0.717) is 18.1 Å². The zero-order chi connectivity index (χ0) is 26.0. The van der Waals surface area contributed by atoms with E-state index >= 15 is 0 Å². The third-order valence-electron chi connectivity index (χ3n) is 6.11. The molecule has 0 saturated carbocycles. The molecule has 1 amide bonds. The monoisotopic (exact) mass is 499 g/mol. The maximum Gasteiger partial charge on any atom is 0.307 e. The van der Waals surface area contributed by atoms with Crippen molar-refractivity contribution in [3.8, 4) is 11.5 Å². The number of benzene rings is 3. The molecule has 0 saturated heterocycles.